The molecule has 0 radical (unpaired) electrons. The molecular weight excluding hydrogens is 220 g/mol. The fraction of sp³-hybridized carbons (Fsp3) is 1.00. The van der Waals surface area contributed by atoms with Crippen molar-refractivity contribution in [3.8, 4) is 0 Å². The van der Waals surface area contributed by atoms with Crippen LogP contribution in [0.5, 0.6) is 0 Å². The molecule has 2 atom stereocenters. The summed E-state index contributed by atoms with van der Waals surface area (Å²) >= 11 is 0. The third kappa shape index (κ3) is 2.91. The number of nitrogens with zero attached hydrogens (tertiary/aromatic N) is 1. The van der Waals surface area contributed by atoms with Crippen LogP contribution in [-0.4, -0.2) is 30.1 Å². The lowest BCUT2D eigenvalue weighted by Gasteiger charge is -2.53. The summed E-state index contributed by atoms with van der Waals surface area (Å²) in [7, 11) is 0. The molecule has 2 fully saturated rings. The highest BCUT2D eigenvalue weighted by molar-refractivity contribution is 4.99. The van der Waals surface area contributed by atoms with Gasteiger partial charge < -0.3 is 5.73 Å². The van der Waals surface area contributed by atoms with Crippen LogP contribution in [0.4, 0.5) is 0 Å². The van der Waals surface area contributed by atoms with Gasteiger partial charge in [0.15, 0.2) is 0 Å². The largest absolute Gasteiger partial charge is 0.329 e. The topological polar surface area (TPSA) is 29.3 Å². The lowest BCUT2D eigenvalue weighted by molar-refractivity contribution is -0.0162. The molecular formula is C16H32N2. The van der Waals surface area contributed by atoms with Gasteiger partial charge in [0, 0.05) is 25.2 Å². The van der Waals surface area contributed by atoms with Gasteiger partial charge in [-0.15, -0.1) is 0 Å². The van der Waals surface area contributed by atoms with E-state index in [4.69, 9.17) is 5.73 Å². The van der Waals surface area contributed by atoms with Gasteiger partial charge in [-0.3, -0.25) is 4.90 Å². The maximum atomic E-state index is 6.21. The Morgan fingerprint density at radius 1 is 1.00 bits per heavy atom. The highest BCUT2D eigenvalue weighted by atomic mass is 15.2. The molecule has 1 saturated carbocycles. The van der Waals surface area contributed by atoms with Gasteiger partial charge in [0.1, 0.15) is 0 Å². The Labute approximate surface area is 113 Å². The molecule has 106 valence electrons. The fourth-order valence-corrected chi connectivity index (χ4v) is 4.09. The molecule has 2 N–H and O–H groups in total. The van der Waals surface area contributed by atoms with Crippen molar-refractivity contribution in [2.24, 2.45) is 23.0 Å². The first-order chi connectivity index (χ1) is 8.37. The average Bonchev–Trinajstić information content (AvgIpc) is 2.28. The van der Waals surface area contributed by atoms with Crippen LogP contribution >= 0.6 is 0 Å². The minimum Gasteiger partial charge on any atom is -0.329 e. The van der Waals surface area contributed by atoms with Crippen molar-refractivity contribution in [1.82, 2.24) is 4.90 Å². The van der Waals surface area contributed by atoms with Gasteiger partial charge >= 0.3 is 0 Å². The van der Waals surface area contributed by atoms with E-state index in [1.165, 1.54) is 45.2 Å². The first-order valence-electron chi connectivity index (χ1n) is 7.82. The summed E-state index contributed by atoms with van der Waals surface area (Å²) in [6.07, 6.45) is 6.67. The number of rotatable bonds is 2. The first-order valence-corrected chi connectivity index (χ1v) is 7.82. The first kappa shape index (κ1) is 14.3. The molecule has 0 aromatic heterocycles. The molecule has 0 amide bonds. The Hall–Kier alpha value is -0.0800. The van der Waals surface area contributed by atoms with Crippen molar-refractivity contribution >= 4 is 0 Å². The Kier molecular flexibility index (Phi) is 4.08. The minimum atomic E-state index is 0.318. The zero-order chi connectivity index (χ0) is 13.4. The molecule has 2 unspecified atom stereocenters. The molecule has 2 heteroatoms. The molecule has 0 aromatic rings. The standard InChI is InChI=1S/C16H32N2/c1-13-9-14(2)11-18(10-13)16(12-17)7-5-15(3,4)6-8-16/h13-14H,5-12,17H2,1-4H3. The molecule has 2 aliphatic rings. The SMILES string of the molecule is CC1CC(C)CN(C2(CN)CCC(C)(C)CC2)C1. The molecule has 1 aliphatic heterocycles. The highest BCUT2D eigenvalue weighted by Crippen LogP contribution is 2.44. The zero-order valence-electron chi connectivity index (χ0n) is 12.8. The van der Waals surface area contributed by atoms with Gasteiger partial charge in [-0.2, -0.15) is 0 Å². The quantitative estimate of drug-likeness (QED) is 0.817. The zero-order valence-corrected chi connectivity index (χ0v) is 12.8. The van der Waals surface area contributed by atoms with Crippen LogP contribution < -0.4 is 5.73 Å². The van der Waals surface area contributed by atoms with E-state index in [1.807, 2.05) is 0 Å². The summed E-state index contributed by atoms with van der Waals surface area (Å²) in [6.45, 7) is 13.0. The minimum absolute atomic E-state index is 0.318. The van der Waals surface area contributed by atoms with Crippen LogP contribution in [0.2, 0.25) is 0 Å². The summed E-state index contributed by atoms with van der Waals surface area (Å²) in [5.41, 5.74) is 7.06. The van der Waals surface area contributed by atoms with E-state index in [-0.39, 0.29) is 0 Å². The predicted octanol–water partition coefficient (Wildman–Crippen LogP) is 3.26. The number of nitrogens with two attached hydrogens (primary N) is 1. The summed E-state index contributed by atoms with van der Waals surface area (Å²) < 4.78 is 0. The van der Waals surface area contributed by atoms with E-state index >= 15 is 0 Å². The van der Waals surface area contributed by atoms with Gasteiger partial charge in [-0.25, -0.2) is 0 Å². The third-order valence-electron chi connectivity index (χ3n) is 5.45. The van der Waals surface area contributed by atoms with Gasteiger partial charge in [0.25, 0.3) is 0 Å². The van der Waals surface area contributed by atoms with Gasteiger partial charge in [0.05, 0.1) is 0 Å². The van der Waals surface area contributed by atoms with Crippen LogP contribution in [0, 0.1) is 17.3 Å². The van der Waals surface area contributed by atoms with E-state index in [1.54, 1.807) is 0 Å². The van der Waals surface area contributed by atoms with E-state index < -0.39 is 0 Å². The van der Waals surface area contributed by atoms with E-state index in [0.717, 1.165) is 18.4 Å². The van der Waals surface area contributed by atoms with Crippen molar-refractivity contribution < 1.29 is 0 Å². The van der Waals surface area contributed by atoms with E-state index in [2.05, 4.69) is 32.6 Å². The van der Waals surface area contributed by atoms with Crippen LogP contribution in [0.25, 0.3) is 0 Å². The summed E-state index contributed by atoms with van der Waals surface area (Å²) in [4.78, 5) is 2.75. The normalized spacial score (nSPS) is 36.5. The second kappa shape index (κ2) is 5.13. The van der Waals surface area contributed by atoms with Crippen molar-refractivity contribution in [2.75, 3.05) is 19.6 Å². The number of hydrogen-bond donors (Lipinski definition) is 1. The van der Waals surface area contributed by atoms with Gasteiger partial charge in [-0.1, -0.05) is 27.7 Å². The van der Waals surface area contributed by atoms with Crippen LogP contribution in [-0.2, 0) is 0 Å². The lowest BCUT2D eigenvalue weighted by Crippen LogP contribution is -2.60. The monoisotopic (exact) mass is 252 g/mol. The van der Waals surface area contributed by atoms with Crippen molar-refractivity contribution in [3.63, 3.8) is 0 Å². The van der Waals surface area contributed by atoms with Gasteiger partial charge in [-0.05, 0) is 49.4 Å². The van der Waals surface area contributed by atoms with Crippen LogP contribution in [0.15, 0.2) is 0 Å². The van der Waals surface area contributed by atoms with Crippen LogP contribution in [0.3, 0.4) is 0 Å². The number of piperidine rings is 1. The molecule has 1 heterocycles. The Morgan fingerprint density at radius 2 is 1.50 bits per heavy atom. The highest BCUT2D eigenvalue weighted by Gasteiger charge is 2.43. The Morgan fingerprint density at radius 3 is 1.94 bits per heavy atom. The molecule has 0 spiro atoms. The number of likely N-dealkylation sites (tertiary alicyclic amines) is 1. The molecule has 1 saturated heterocycles. The predicted molar refractivity (Wildman–Crippen MR) is 78.6 cm³/mol. The maximum absolute atomic E-state index is 6.21. The number of hydrogen-bond acceptors (Lipinski definition) is 2. The van der Waals surface area contributed by atoms with E-state index in [9.17, 15) is 0 Å². The van der Waals surface area contributed by atoms with Crippen molar-refractivity contribution in [3.05, 3.63) is 0 Å². The Balaban J connectivity index is 2.08. The lowest BCUT2D eigenvalue weighted by atomic mass is 9.68. The fourth-order valence-electron chi connectivity index (χ4n) is 4.09. The maximum Gasteiger partial charge on any atom is 0.0332 e. The van der Waals surface area contributed by atoms with E-state index in [0.29, 0.717) is 11.0 Å². The molecule has 0 aromatic carbocycles. The third-order valence-corrected chi connectivity index (χ3v) is 5.45. The second-order valence-electron chi connectivity index (χ2n) is 7.94. The molecule has 18 heavy (non-hydrogen) atoms. The summed E-state index contributed by atoms with van der Waals surface area (Å²) in [5, 5.41) is 0. The second-order valence-corrected chi connectivity index (χ2v) is 7.94. The van der Waals surface area contributed by atoms with Crippen molar-refractivity contribution in [2.45, 2.75) is 65.3 Å². The summed E-state index contributed by atoms with van der Waals surface area (Å²) in [5.74, 6) is 1.68. The molecule has 2 nitrogen and oxygen atoms in total. The molecule has 0 bridgehead atoms. The van der Waals surface area contributed by atoms with Gasteiger partial charge in [0.2, 0.25) is 0 Å². The Bertz CT molecular complexity index is 265. The molecule has 2 rings (SSSR count). The smallest absolute Gasteiger partial charge is 0.0332 e. The van der Waals surface area contributed by atoms with Crippen molar-refractivity contribution in [1.29, 1.82) is 0 Å². The average molecular weight is 252 g/mol. The van der Waals surface area contributed by atoms with Crippen LogP contribution in [0.1, 0.15) is 59.8 Å². The summed E-state index contributed by atoms with van der Waals surface area (Å²) in [6, 6.07) is 0. The molecule has 1 aliphatic carbocycles.